The highest BCUT2D eigenvalue weighted by Crippen LogP contribution is 2.34. The fourth-order valence-corrected chi connectivity index (χ4v) is 3.59. The van der Waals surface area contributed by atoms with Crippen molar-refractivity contribution in [3.05, 3.63) is 41.7 Å². The van der Waals surface area contributed by atoms with Crippen LogP contribution in [0.4, 0.5) is 5.95 Å². The molecule has 0 atom stereocenters. The number of pyridine rings is 1. The van der Waals surface area contributed by atoms with Crippen LogP contribution in [-0.2, 0) is 12.8 Å². The van der Waals surface area contributed by atoms with Gasteiger partial charge in [-0.3, -0.25) is 0 Å². The Hall–Kier alpha value is -2.69. The van der Waals surface area contributed by atoms with Crippen LogP contribution in [-0.4, -0.2) is 33.1 Å². The molecule has 24 heavy (non-hydrogen) atoms. The predicted octanol–water partition coefficient (Wildman–Crippen LogP) is 3.10. The maximum atomic E-state index is 9.66. The zero-order valence-corrected chi connectivity index (χ0v) is 13.4. The molecule has 120 valence electrons. The van der Waals surface area contributed by atoms with Gasteiger partial charge in [0.1, 0.15) is 0 Å². The van der Waals surface area contributed by atoms with Crippen LogP contribution in [0, 0.1) is 0 Å². The number of hydrogen-bond donors (Lipinski definition) is 1. The standard InChI is InChI=1S/C19H18N4O/c24-17-10-14-9-12(5-6-13(14)11-20-17)18-15-3-1-4-16(15)21-19(22-18)23-7-2-8-23/h5-6,9-11H,1-4,7-8H2,(H,20,24). The highest BCUT2D eigenvalue weighted by Gasteiger charge is 2.24. The molecular weight excluding hydrogens is 300 g/mol. The summed E-state index contributed by atoms with van der Waals surface area (Å²) >= 11 is 0. The molecule has 2 aromatic heterocycles. The van der Waals surface area contributed by atoms with E-state index in [4.69, 9.17) is 9.97 Å². The number of rotatable bonds is 2. The Bertz CT molecular complexity index is 949. The van der Waals surface area contributed by atoms with Gasteiger partial charge in [0.25, 0.3) is 0 Å². The molecule has 1 fully saturated rings. The van der Waals surface area contributed by atoms with Gasteiger partial charge in [-0.2, -0.15) is 0 Å². The molecule has 1 saturated heterocycles. The Balaban J connectivity index is 1.69. The molecule has 0 bridgehead atoms. The second-order valence-electron chi connectivity index (χ2n) is 6.60. The first kappa shape index (κ1) is 13.7. The number of anilines is 1. The molecule has 5 nitrogen and oxygen atoms in total. The molecule has 0 saturated carbocycles. The van der Waals surface area contributed by atoms with E-state index in [9.17, 15) is 5.11 Å². The molecule has 1 N–H and O–H groups in total. The van der Waals surface area contributed by atoms with E-state index in [1.54, 1.807) is 12.3 Å². The van der Waals surface area contributed by atoms with Crippen molar-refractivity contribution in [2.45, 2.75) is 25.7 Å². The van der Waals surface area contributed by atoms with E-state index < -0.39 is 0 Å². The van der Waals surface area contributed by atoms with Crippen LogP contribution in [0.5, 0.6) is 5.88 Å². The molecule has 5 heteroatoms. The van der Waals surface area contributed by atoms with Crippen molar-refractivity contribution in [1.29, 1.82) is 0 Å². The van der Waals surface area contributed by atoms with Crippen LogP contribution in [0.15, 0.2) is 30.5 Å². The van der Waals surface area contributed by atoms with E-state index in [1.165, 1.54) is 17.7 Å². The zero-order chi connectivity index (χ0) is 16.1. The Morgan fingerprint density at radius 3 is 2.71 bits per heavy atom. The minimum absolute atomic E-state index is 0.0498. The van der Waals surface area contributed by atoms with E-state index in [1.807, 2.05) is 6.07 Å². The van der Waals surface area contributed by atoms with E-state index in [2.05, 4.69) is 22.0 Å². The number of aromatic nitrogens is 3. The summed E-state index contributed by atoms with van der Waals surface area (Å²) in [7, 11) is 0. The van der Waals surface area contributed by atoms with Crippen molar-refractivity contribution in [2.24, 2.45) is 0 Å². The normalized spacial score (nSPS) is 16.2. The van der Waals surface area contributed by atoms with Crippen LogP contribution in [0.25, 0.3) is 22.0 Å². The van der Waals surface area contributed by atoms with Gasteiger partial charge in [0.2, 0.25) is 11.8 Å². The minimum Gasteiger partial charge on any atom is -0.493 e. The first-order chi connectivity index (χ1) is 11.8. The smallest absolute Gasteiger partial charge is 0.226 e. The molecule has 3 aromatic rings. The zero-order valence-electron chi connectivity index (χ0n) is 13.4. The summed E-state index contributed by atoms with van der Waals surface area (Å²) in [6, 6.07) is 7.94. The molecule has 1 aliphatic heterocycles. The van der Waals surface area contributed by atoms with Gasteiger partial charge in [0.15, 0.2) is 0 Å². The molecule has 2 aliphatic rings. The summed E-state index contributed by atoms with van der Waals surface area (Å²) in [5.74, 6) is 0.920. The first-order valence-electron chi connectivity index (χ1n) is 8.52. The van der Waals surface area contributed by atoms with Gasteiger partial charge in [0, 0.05) is 47.6 Å². The van der Waals surface area contributed by atoms with Crippen molar-refractivity contribution in [3.8, 4) is 17.1 Å². The SMILES string of the molecule is Oc1cc2cc(-c3nc(N4CCC4)nc4c3CCC4)ccc2cn1. The monoisotopic (exact) mass is 318 g/mol. The van der Waals surface area contributed by atoms with Crippen molar-refractivity contribution in [1.82, 2.24) is 15.0 Å². The average molecular weight is 318 g/mol. The third-order valence-corrected chi connectivity index (χ3v) is 5.04. The number of fused-ring (bicyclic) bond motifs is 2. The van der Waals surface area contributed by atoms with Gasteiger partial charge < -0.3 is 10.0 Å². The summed E-state index contributed by atoms with van der Waals surface area (Å²) in [6.07, 6.45) is 6.16. The van der Waals surface area contributed by atoms with Crippen LogP contribution in [0.1, 0.15) is 24.1 Å². The number of benzene rings is 1. The Kier molecular flexibility index (Phi) is 2.95. The summed E-state index contributed by atoms with van der Waals surface area (Å²) in [5, 5.41) is 11.7. The van der Waals surface area contributed by atoms with Gasteiger partial charge in [-0.15, -0.1) is 0 Å². The molecule has 5 rings (SSSR count). The summed E-state index contributed by atoms with van der Waals surface area (Å²) < 4.78 is 0. The van der Waals surface area contributed by atoms with E-state index >= 15 is 0 Å². The van der Waals surface area contributed by atoms with Crippen LogP contribution >= 0.6 is 0 Å². The molecule has 1 aromatic carbocycles. The van der Waals surface area contributed by atoms with E-state index in [0.29, 0.717) is 0 Å². The van der Waals surface area contributed by atoms with Crippen LogP contribution in [0.3, 0.4) is 0 Å². The van der Waals surface area contributed by atoms with Gasteiger partial charge in [-0.1, -0.05) is 12.1 Å². The molecule has 3 heterocycles. The quantitative estimate of drug-likeness (QED) is 0.786. The molecule has 0 radical (unpaired) electrons. The lowest BCUT2D eigenvalue weighted by molar-refractivity contribution is 0.454. The highest BCUT2D eigenvalue weighted by atomic mass is 16.3. The van der Waals surface area contributed by atoms with Crippen LogP contribution in [0.2, 0.25) is 0 Å². The Morgan fingerprint density at radius 1 is 0.958 bits per heavy atom. The Morgan fingerprint density at radius 2 is 1.88 bits per heavy atom. The molecular formula is C19H18N4O. The van der Waals surface area contributed by atoms with Gasteiger partial charge >= 0.3 is 0 Å². The second-order valence-corrected chi connectivity index (χ2v) is 6.60. The van der Waals surface area contributed by atoms with Crippen LogP contribution < -0.4 is 4.90 Å². The van der Waals surface area contributed by atoms with Crippen molar-refractivity contribution in [2.75, 3.05) is 18.0 Å². The Labute approximate surface area is 140 Å². The lowest BCUT2D eigenvalue weighted by Gasteiger charge is -2.31. The minimum atomic E-state index is 0.0498. The van der Waals surface area contributed by atoms with Gasteiger partial charge in [-0.05, 0) is 37.1 Å². The fourth-order valence-electron chi connectivity index (χ4n) is 3.59. The lowest BCUT2D eigenvalue weighted by Crippen LogP contribution is -2.38. The number of aromatic hydroxyl groups is 1. The predicted molar refractivity (Wildman–Crippen MR) is 93.3 cm³/mol. The molecule has 0 spiro atoms. The third kappa shape index (κ3) is 2.12. The van der Waals surface area contributed by atoms with Gasteiger partial charge in [-0.25, -0.2) is 15.0 Å². The highest BCUT2D eigenvalue weighted by molar-refractivity contribution is 5.87. The topological polar surface area (TPSA) is 62.1 Å². The van der Waals surface area contributed by atoms with E-state index in [0.717, 1.165) is 60.3 Å². The largest absolute Gasteiger partial charge is 0.493 e. The molecule has 0 unspecified atom stereocenters. The first-order valence-corrected chi connectivity index (χ1v) is 8.52. The molecule has 1 aliphatic carbocycles. The maximum Gasteiger partial charge on any atom is 0.226 e. The maximum absolute atomic E-state index is 9.66. The molecule has 0 amide bonds. The fraction of sp³-hybridized carbons (Fsp3) is 0.316. The number of nitrogens with zero attached hydrogens (tertiary/aromatic N) is 4. The van der Waals surface area contributed by atoms with Gasteiger partial charge in [0.05, 0.1) is 5.69 Å². The van der Waals surface area contributed by atoms with Crippen molar-refractivity contribution >= 4 is 16.7 Å². The number of aryl methyl sites for hydroxylation is 1. The summed E-state index contributed by atoms with van der Waals surface area (Å²) in [4.78, 5) is 15.9. The third-order valence-electron chi connectivity index (χ3n) is 5.04. The second kappa shape index (κ2) is 5.16. The summed E-state index contributed by atoms with van der Waals surface area (Å²) in [6.45, 7) is 2.10. The van der Waals surface area contributed by atoms with Crippen molar-refractivity contribution < 1.29 is 5.11 Å². The average Bonchev–Trinajstić information content (AvgIpc) is 3.00. The number of hydrogen-bond acceptors (Lipinski definition) is 5. The van der Waals surface area contributed by atoms with E-state index in [-0.39, 0.29) is 5.88 Å². The summed E-state index contributed by atoms with van der Waals surface area (Å²) in [5.41, 5.74) is 4.64. The van der Waals surface area contributed by atoms with Crippen molar-refractivity contribution in [3.63, 3.8) is 0 Å². The lowest BCUT2D eigenvalue weighted by atomic mass is 10.0.